The molecule has 0 unspecified atom stereocenters. The molecular weight excluding hydrogens is 358 g/mol. The Morgan fingerprint density at radius 1 is 1.12 bits per heavy atom. The van der Waals surface area contributed by atoms with Crippen LogP contribution in [0.15, 0.2) is 47.4 Å². The number of para-hydroxylation sites is 1. The average molecular weight is 380 g/mol. The summed E-state index contributed by atoms with van der Waals surface area (Å²) in [4.78, 5) is 12.4. The predicted octanol–water partition coefficient (Wildman–Crippen LogP) is 4.57. The second-order valence-electron chi connectivity index (χ2n) is 6.26. The van der Waals surface area contributed by atoms with Crippen LogP contribution in [0.4, 0.5) is 5.69 Å². The highest BCUT2D eigenvalue weighted by molar-refractivity contribution is 7.91. The summed E-state index contributed by atoms with van der Waals surface area (Å²) >= 11 is 5.78. The first-order valence-corrected chi connectivity index (χ1v) is 10.1. The quantitative estimate of drug-likeness (QED) is 0.799. The number of halogens is 1. The molecule has 0 aromatic heterocycles. The van der Waals surface area contributed by atoms with Crippen LogP contribution in [0.25, 0.3) is 0 Å². The van der Waals surface area contributed by atoms with Gasteiger partial charge in [-0.25, -0.2) is 8.42 Å². The summed E-state index contributed by atoms with van der Waals surface area (Å²) in [5.41, 5.74) is 2.76. The molecule has 0 heterocycles. The molecule has 134 valence electrons. The van der Waals surface area contributed by atoms with E-state index in [1.807, 2.05) is 25.1 Å². The first-order chi connectivity index (χ1) is 11.7. The Morgan fingerprint density at radius 3 is 2.36 bits per heavy atom. The Morgan fingerprint density at radius 2 is 1.76 bits per heavy atom. The summed E-state index contributed by atoms with van der Waals surface area (Å²) in [6, 6.07) is 11.8. The van der Waals surface area contributed by atoms with E-state index in [9.17, 15) is 13.2 Å². The fourth-order valence-electron chi connectivity index (χ4n) is 2.53. The van der Waals surface area contributed by atoms with E-state index < -0.39 is 9.84 Å². The summed E-state index contributed by atoms with van der Waals surface area (Å²) in [6.07, 6.45) is -0.100. The topological polar surface area (TPSA) is 63.2 Å². The number of benzene rings is 2. The molecule has 0 fully saturated rings. The molecule has 0 radical (unpaired) electrons. The minimum absolute atomic E-state index is 0.100. The fraction of sp³-hybridized carbons (Fsp3) is 0.316. The van der Waals surface area contributed by atoms with Crippen molar-refractivity contribution >= 4 is 33.0 Å². The van der Waals surface area contributed by atoms with E-state index in [0.717, 1.165) is 16.8 Å². The number of nitrogens with one attached hydrogen (secondary N) is 1. The molecule has 0 aliphatic rings. The van der Waals surface area contributed by atoms with Crippen molar-refractivity contribution in [3.63, 3.8) is 0 Å². The van der Waals surface area contributed by atoms with Crippen molar-refractivity contribution in [1.82, 2.24) is 0 Å². The lowest BCUT2D eigenvalue weighted by Gasteiger charge is -2.16. The maximum Gasteiger partial charge on any atom is 0.225 e. The van der Waals surface area contributed by atoms with Crippen LogP contribution in [0, 0.1) is 6.92 Å². The van der Waals surface area contributed by atoms with Crippen LogP contribution in [0.1, 0.15) is 37.3 Å². The van der Waals surface area contributed by atoms with Crippen LogP contribution >= 0.6 is 11.6 Å². The van der Waals surface area contributed by atoms with Crippen molar-refractivity contribution < 1.29 is 13.2 Å². The number of amides is 1. The molecule has 1 N–H and O–H groups in total. The van der Waals surface area contributed by atoms with Gasteiger partial charge >= 0.3 is 0 Å². The smallest absolute Gasteiger partial charge is 0.225 e. The fourth-order valence-corrected chi connectivity index (χ4v) is 3.90. The van der Waals surface area contributed by atoms with Crippen molar-refractivity contribution in [3.05, 3.63) is 58.6 Å². The lowest BCUT2D eigenvalue weighted by molar-refractivity contribution is -0.115. The first-order valence-electron chi connectivity index (χ1n) is 8.08. The molecule has 0 aliphatic carbocycles. The first kappa shape index (κ1) is 19.5. The van der Waals surface area contributed by atoms with Gasteiger partial charge in [0.15, 0.2) is 9.84 Å². The largest absolute Gasteiger partial charge is 0.326 e. The Kier molecular flexibility index (Phi) is 6.25. The van der Waals surface area contributed by atoms with Crippen LogP contribution in [-0.4, -0.2) is 20.1 Å². The highest BCUT2D eigenvalue weighted by Gasteiger charge is 2.18. The molecule has 0 saturated heterocycles. The molecule has 25 heavy (non-hydrogen) atoms. The molecule has 2 aromatic rings. The third-order valence-corrected chi connectivity index (χ3v) is 5.95. The molecule has 0 atom stereocenters. The van der Waals surface area contributed by atoms with Gasteiger partial charge in [-0.15, -0.1) is 0 Å². The minimum atomic E-state index is -3.52. The normalized spacial score (nSPS) is 11.6. The number of sulfone groups is 1. The highest BCUT2D eigenvalue weighted by atomic mass is 35.5. The van der Waals surface area contributed by atoms with Crippen LogP contribution in [0.2, 0.25) is 5.02 Å². The van der Waals surface area contributed by atoms with E-state index in [-0.39, 0.29) is 28.9 Å². The van der Waals surface area contributed by atoms with Crippen molar-refractivity contribution in [1.29, 1.82) is 0 Å². The van der Waals surface area contributed by atoms with Gasteiger partial charge in [0.1, 0.15) is 0 Å². The monoisotopic (exact) mass is 379 g/mol. The minimum Gasteiger partial charge on any atom is -0.326 e. The van der Waals surface area contributed by atoms with E-state index in [0.29, 0.717) is 5.02 Å². The lowest BCUT2D eigenvalue weighted by Crippen LogP contribution is -2.19. The zero-order valence-corrected chi connectivity index (χ0v) is 16.1. The number of hydrogen-bond acceptors (Lipinski definition) is 3. The molecule has 0 spiro atoms. The van der Waals surface area contributed by atoms with Gasteiger partial charge in [-0.1, -0.05) is 43.6 Å². The lowest BCUT2D eigenvalue weighted by atomic mass is 9.98. The zero-order chi connectivity index (χ0) is 18.6. The average Bonchev–Trinajstić information content (AvgIpc) is 2.55. The molecule has 1 amide bonds. The number of anilines is 1. The van der Waals surface area contributed by atoms with Gasteiger partial charge in [0.25, 0.3) is 0 Å². The Hall–Kier alpha value is -1.85. The van der Waals surface area contributed by atoms with Crippen molar-refractivity contribution in [2.45, 2.75) is 38.0 Å². The maximum absolute atomic E-state index is 12.3. The molecule has 2 rings (SSSR count). The van der Waals surface area contributed by atoms with Crippen LogP contribution in [-0.2, 0) is 14.6 Å². The number of carbonyl (C=O) groups excluding carboxylic acids is 1. The third-order valence-electron chi connectivity index (χ3n) is 3.96. The number of carbonyl (C=O) groups is 1. The van der Waals surface area contributed by atoms with Crippen LogP contribution in [0.5, 0.6) is 0 Å². The van der Waals surface area contributed by atoms with Gasteiger partial charge in [-0.2, -0.15) is 0 Å². The summed E-state index contributed by atoms with van der Waals surface area (Å²) in [5, 5.41) is 3.34. The number of rotatable bonds is 6. The second kappa shape index (κ2) is 8.02. The Bertz CT molecular complexity index is 859. The zero-order valence-electron chi connectivity index (χ0n) is 14.5. The number of hydrogen-bond donors (Lipinski definition) is 1. The van der Waals surface area contributed by atoms with Gasteiger partial charge in [-0.05, 0) is 48.2 Å². The summed E-state index contributed by atoms with van der Waals surface area (Å²) < 4.78 is 24.6. The highest BCUT2D eigenvalue weighted by Crippen LogP contribution is 2.27. The third kappa shape index (κ3) is 5.06. The molecule has 0 bridgehead atoms. The summed E-state index contributed by atoms with van der Waals surface area (Å²) in [7, 11) is -3.52. The summed E-state index contributed by atoms with van der Waals surface area (Å²) in [6.45, 7) is 6.02. The van der Waals surface area contributed by atoms with E-state index in [4.69, 9.17) is 11.6 Å². The molecule has 6 heteroatoms. The standard InChI is InChI=1S/C19H22ClNO3S/c1-13(2)17-6-4-5-14(3)19(17)21-18(22)11-12-25(23,24)16-9-7-15(20)8-10-16/h4-10,13H,11-12H2,1-3H3,(H,21,22). The van der Waals surface area contributed by atoms with Crippen LogP contribution < -0.4 is 5.32 Å². The van der Waals surface area contributed by atoms with Gasteiger partial charge in [0, 0.05) is 17.1 Å². The van der Waals surface area contributed by atoms with Gasteiger partial charge in [0.2, 0.25) is 5.91 Å². The molecule has 4 nitrogen and oxygen atoms in total. The molecule has 0 saturated carbocycles. The van der Waals surface area contributed by atoms with Gasteiger partial charge in [-0.3, -0.25) is 4.79 Å². The van der Waals surface area contributed by atoms with Crippen molar-refractivity contribution in [2.24, 2.45) is 0 Å². The molecular formula is C19H22ClNO3S. The predicted molar refractivity (Wildman–Crippen MR) is 102 cm³/mol. The maximum atomic E-state index is 12.3. The van der Waals surface area contributed by atoms with E-state index in [2.05, 4.69) is 19.2 Å². The second-order valence-corrected chi connectivity index (χ2v) is 8.81. The van der Waals surface area contributed by atoms with E-state index >= 15 is 0 Å². The summed E-state index contributed by atoms with van der Waals surface area (Å²) in [5.74, 6) is -0.301. The number of aryl methyl sites for hydroxylation is 1. The Balaban J connectivity index is 2.08. The van der Waals surface area contributed by atoms with E-state index in [1.165, 1.54) is 24.3 Å². The van der Waals surface area contributed by atoms with Crippen molar-refractivity contribution in [3.8, 4) is 0 Å². The molecule has 2 aromatic carbocycles. The Labute approximate surface area is 154 Å². The van der Waals surface area contributed by atoms with Crippen molar-refractivity contribution in [2.75, 3.05) is 11.1 Å². The SMILES string of the molecule is Cc1cccc(C(C)C)c1NC(=O)CCS(=O)(=O)c1ccc(Cl)cc1. The van der Waals surface area contributed by atoms with Gasteiger partial charge < -0.3 is 5.32 Å². The van der Waals surface area contributed by atoms with E-state index in [1.54, 1.807) is 0 Å². The van der Waals surface area contributed by atoms with Crippen LogP contribution in [0.3, 0.4) is 0 Å². The molecule has 0 aliphatic heterocycles. The van der Waals surface area contributed by atoms with Gasteiger partial charge in [0.05, 0.1) is 10.6 Å².